The molecule has 1 heterocycles. The van der Waals surface area contributed by atoms with E-state index in [1.807, 2.05) is 56.0 Å². The molecular weight excluding hydrogens is 282 g/mol. The van der Waals surface area contributed by atoms with Crippen LogP contribution in [0, 0.1) is 0 Å². The Hall–Kier alpha value is -1.43. The van der Waals surface area contributed by atoms with Gasteiger partial charge >= 0.3 is 5.97 Å². The molecule has 22 heavy (non-hydrogen) atoms. The van der Waals surface area contributed by atoms with Crippen LogP contribution >= 0.6 is 0 Å². The number of rotatable bonds is 5. The van der Waals surface area contributed by atoms with E-state index in [9.17, 15) is 4.79 Å². The van der Waals surface area contributed by atoms with Crippen LogP contribution in [0.2, 0.25) is 0 Å². The minimum absolute atomic E-state index is 0.0359. The monoisotopic (exact) mass is 307 g/mol. The number of carbonyl (C=O) groups is 1. The molecule has 0 aromatic heterocycles. The zero-order valence-electron chi connectivity index (χ0n) is 13.7. The summed E-state index contributed by atoms with van der Waals surface area (Å²) in [4.78, 5) is 14.4. The minimum atomic E-state index is -0.505. The first-order valence-corrected chi connectivity index (χ1v) is 7.52. The van der Waals surface area contributed by atoms with Gasteiger partial charge < -0.3 is 14.2 Å². The third-order valence-corrected chi connectivity index (χ3v) is 3.50. The average Bonchev–Trinajstić information content (AvgIpc) is 2.93. The van der Waals surface area contributed by atoms with Gasteiger partial charge in [0.15, 0.2) is 0 Å². The number of carbonyl (C=O) groups excluding carboxylic acids is 1. The lowest BCUT2D eigenvalue weighted by Gasteiger charge is -2.31. The van der Waals surface area contributed by atoms with Crippen molar-refractivity contribution in [3.63, 3.8) is 0 Å². The summed E-state index contributed by atoms with van der Waals surface area (Å²) in [5.41, 5.74) is 0.595. The maximum atomic E-state index is 12.4. The number of benzene rings is 1. The molecule has 0 saturated carbocycles. The number of ether oxygens (including phenoxy) is 3. The van der Waals surface area contributed by atoms with Crippen molar-refractivity contribution in [2.75, 3.05) is 27.1 Å². The van der Waals surface area contributed by atoms with Crippen molar-refractivity contribution in [1.82, 2.24) is 4.90 Å². The first-order chi connectivity index (χ1) is 10.4. The molecule has 1 aromatic carbocycles. The lowest BCUT2D eigenvalue weighted by molar-refractivity contribution is -0.161. The van der Waals surface area contributed by atoms with E-state index in [0.717, 1.165) is 5.56 Å². The molecule has 0 amide bonds. The van der Waals surface area contributed by atoms with Gasteiger partial charge in [-0.05, 0) is 26.3 Å². The lowest BCUT2D eigenvalue weighted by atomic mass is 10.0. The Bertz CT molecular complexity index is 483. The zero-order valence-corrected chi connectivity index (χ0v) is 13.7. The molecule has 5 heteroatoms. The Balaban J connectivity index is 2.17. The Kier molecular flexibility index (Phi) is 5.56. The molecule has 1 fully saturated rings. The predicted molar refractivity (Wildman–Crippen MR) is 83.4 cm³/mol. The van der Waals surface area contributed by atoms with E-state index >= 15 is 0 Å². The van der Waals surface area contributed by atoms with Crippen molar-refractivity contribution in [2.45, 2.75) is 38.5 Å². The molecule has 122 valence electrons. The van der Waals surface area contributed by atoms with E-state index in [4.69, 9.17) is 14.2 Å². The third-order valence-electron chi connectivity index (χ3n) is 3.50. The van der Waals surface area contributed by atoms with Gasteiger partial charge in [-0.15, -0.1) is 0 Å². The van der Waals surface area contributed by atoms with Crippen LogP contribution in [0.4, 0.5) is 0 Å². The van der Waals surface area contributed by atoms with Crippen LogP contribution < -0.4 is 0 Å². The topological polar surface area (TPSA) is 48.0 Å². The first kappa shape index (κ1) is 16.9. The molecule has 1 saturated heterocycles. The van der Waals surface area contributed by atoms with Crippen LogP contribution in [0.5, 0.6) is 0 Å². The highest BCUT2D eigenvalue weighted by Crippen LogP contribution is 2.28. The Morgan fingerprint density at radius 2 is 2.05 bits per heavy atom. The molecule has 1 aliphatic heterocycles. The fraction of sp³-hybridized carbons (Fsp3) is 0.588. The number of esters is 1. The number of nitrogens with zero attached hydrogens (tertiary/aromatic N) is 1. The quantitative estimate of drug-likeness (QED) is 0.782. The molecule has 0 unspecified atom stereocenters. The van der Waals surface area contributed by atoms with E-state index in [2.05, 4.69) is 0 Å². The summed E-state index contributed by atoms with van der Waals surface area (Å²) in [7, 11) is 1.66. The first-order valence-electron chi connectivity index (χ1n) is 7.52. The van der Waals surface area contributed by atoms with Gasteiger partial charge in [0.25, 0.3) is 0 Å². The molecule has 0 spiro atoms. The van der Waals surface area contributed by atoms with Gasteiger partial charge in [0.2, 0.25) is 0 Å². The largest absolute Gasteiger partial charge is 0.459 e. The van der Waals surface area contributed by atoms with Crippen LogP contribution in [0.1, 0.15) is 32.4 Å². The Morgan fingerprint density at radius 1 is 1.36 bits per heavy atom. The highest BCUT2D eigenvalue weighted by atomic mass is 16.6. The summed E-state index contributed by atoms with van der Waals surface area (Å²) in [6.45, 7) is 6.85. The van der Waals surface area contributed by atoms with E-state index in [0.29, 0.717) is 19.9 Å². The van der Waals surface area contributed by atoms with E-state index in [-0.39, 0.29) is 12.0 Å². The van der Waals surface area contributed by atoms with Gasteiger partial charge in [-0.2, -0.15) is 0 Å². The van der Waals surface area contributed by atoms with Crippen molar-refractivity contribution in [3.05, 3.63) is 35.9 Å². The van der Waals surface area contributed by atoms with E-state index in [1.165, 1.54) is 0 Å². The third kappa shape index (κ3) is 4.29. The van der Waals surface area contributed by atoms with Crippen LogP contribution in [-0.4, -0.2) is 49.6 Å². The zero-order chi connectivity index (χ0) is 16.2. The number of methoxy groups -OCH3 is 1. The van der Waals surface area contributed by atoms with Crippen molar-refractivity contribution < 1.29 is 19.0 Å². The highest BCUT2D eigenvalue weighted by Gasteiger charge is 2.39. The smallest absolute Gasteiger partial charge is 0.326 e. The SMILES string of the molecule is COC[C@@H](c1ccccc1)N1COC[C@@H]1C(=O)OC(C)(C)C. The second-order valence-electron chi connectivity index (χ2n) is 6.45. The maximum Gasteiger partial charge on any atom is 0.326 e. The molecule has 5 nitrogen and oxygen atoms in total. The molecular formula is C17H25NO4. The minimum Gasteiger partial charge on any atom is -0.459 e. The van der Waals surface area contributed by atoms with E-state index < -0.39 is 11.6 Å². The molecule has 0 bridgehead atoms. The van der Waals surface area contributed by atoms with Crippen LogP contribution in [0.3, 0.4) is 0 Å². The molecule has 1 aliphatic rings. The van der Waals surface area contributed by atoms with Gasteiger partial charge in [-0.3, -0.25) is 9.69 Å². The van der Waals surface area contributed by atoms with Gasteiger partial charge in [0, 0.05) is 7.11 Å². The summed E-state index contributed by atoms with van der Waals surface area (Å²) >= 11 is 0. The standard InChI is InChI=1S/C17H25NO4/c1-17(2,3)22-16(19)15-11-21-12-18(15)14(10-20-4)13-8-6-5-7-9-13/h5-9,14-15H,10-12H2,1-4H3/t14-,15+/m0/s1. The van der Waals surface area contributed by atoms with Gasteiger partial charge in [0.05, 0.1) is 19.3 Å². The summed E-state index contributed by atoms with van der Waals surface area (Å²) in [5, 5.41) is 0. The summed E-state index contributed by atoms with van der Waals surface area (Å²) in [6.07, 6.45) is 0. The highest BCUT2D eigenvalue weighted by molar-refractivity contribution is 5.76. The fourth-order valence-electron chi connectivity index (χ4n) is 2.55. The normalized spacial score (nSPS) is 20.8. The second-order valence-corrected chi connectivity index (χ2v) is 6.45. The van der Waals surface area contributed by atoms with Crippen LogP contribution in [0.25, 0.3) is 0 Å². The van der Waals surface area contributed by atoms with E-state index in [1.54, 1.807) is 7.11 Å². The lowest BCUT2D eigenvalue weighted by Crippen LogP contribution is -2.44. The van der Waals surface area contributed by atoms with Crippen molar-refractivity contribution in [2.24, 2.45) is 0 Å². The molecule has 0 aliphatic carbocycles. The summed E-state index contributed by atoms with van der Waals surface area (Å²) in [6, 6.07) is 9.57. The molecule has 1 aromatic rings. The fourth-order valence-corrected chi connectivity index (χ4v) is 2.55. The molecule has 2 rings (SSSR count). The van der Waals surface area contributed by atoms with Crippen LogP contribution in [-0.2, 0) is 19.0 Å². The Labute approximate surface area is 132 Å². The van der Waals surface area contributed by atoms with Crippen molar-refractivity contribution in [3.8, 4) is 0 Å². The molecule has 0 N–H and O–H groups in total. The van der Waals surface area contributed by atoms with Gasteiger partial charge in [0.1, 0.15) is 18.4 Å². The molecule has 2 atom stereocenters. The average molecular weight is 307 g/mol. The summed E-state index contributed by atoms with van der Waals surface area (Å²) in [5.74, 6) is -0.248. The van der Waals surface area contributed by atoms with Crippen LogP contribution in [0.15, 0.2) is 30.3 Å². The molecule has 0 radical (unpaired) electrons. The van der Waals surface area contributed by atoms with Gasteiger partial charge in [-0.25, -0.2) is 0 Å². The second kappa shape index (κ2) is 7.22. The Morgan fingerprint density at radius 3 is 2.64 bits per heavy atom. The number of hydrogen-bond acceptors (Lipinski definition) is 5. The maximum absolute atomic E-state index is 12.4. The van der Waals surface area contributed by atoms with Gasteiger partial charge in [-0.1, -0.05) is 30.3 Å². The number of hydrogen-bond donors (Lipinski definition) is 0. The van der Waals surface area contributed by atoms with Crippen molar-refractivity contribution >= 4 is 5.97 Å². The summed E-state index contributed by atoms with van der Waals surface area (Å²) < 4.78 is 16.4. The van der Waals surface area contributed by atoms with Crippen molar-refractivity contribution in [1.29, 1.82) is 0 Å². The predicted octanol–water partition coefficient (Wildman–Crippen LogP) is 2.37.